The first-order valence-electron chi connectivity index (χ1n) is 11.2. The second-order valence-electron chi connectivity index (χ2n) is 8.03. The first kappa shape index (κ1) is 23.8. The quantitative estimate of drug-likeness (QED) is 0.522. The van der Waals surface area contributed by atoms with Crippen LogP contribution in [-0.2, 0) is 21.4 Å². The van der Waals surface area contributed by atoms with E-state index in [9.17, 15) is 13.2 Å². The standard InChI is InChI=1S/C23H29N3O5S2/c1-2-25(15-18-7-9-20-21(13-18)31-17-30-20)23(27)16-32-22-10-8-19(14-24-22)33(28,29)26-11-5-3-4-6-12-26/h7-10,13-14H,2-6,11-12,15-17H2,1H3. The van der Waals surface area contributed by atoms with Crippen LogP contribution in [0, 0.1) is 0 Å². The number of carbonyl (C=O) groups is 1. The van der Waals surface area contributed by atoms with Crippen molar-refractivity contribution in [1.82, 2.24) is 14.2 Å². The second-order valence-corrected chi connectivity index (χ2v) is 11.0. The van der Waals surface area contributed by atoms with Crippen molar-refractivity contribution in [3.8, 4) is 11.5 Å². The van der Waals surface area contributed by atoms with Gasteiger partial charge in [0.1, 0.15) is 4.90 Å². The van der Waals surface area contributed by atoms with Crippen LogP contribution in [0.4, 0.5) is 0 Å². The van der Waals surface area contributed by atoms with Crippen LogP contribution >= 0.6 is 11.8 Å². The molecule has 1 aromatic heterocycles. The van der Waals surface area contributed by atoms with Crippen LogP contribution in [0.2, 0.25) is 0 Å². The van der Waals surface area contributed by atoms with Crippen molar-refractivity contribution < 1.29 is 22.7 Å². The van der Waals surface area contributed by atoms with Crippen LogP contribution in [0.5, 0.6) is 11.5 Å². The van der Waals surface area contributed by atoms with E-state index in [0.29, 0.717) is 37.0 Å². The highest BCUT2D eigenvalue weighted by atomic mass is 32.2. The maximum absolute atomic E-state index is 12.9. The first-order chi connectivity index (χ1) is 16.0. The molecular weight excluding hydrogens is 462 g/mol. The lowest BCUT2D eigenvalue weighted by molar-refractivity contribution is -0.128. The Morgan fingerprint density at radius 2 is 1.85 bits per heavy atom. The number of thioether (sulfide) groups is 1. The summed E-state index contributed by atoms with van der Waals surface area (Å²) in [5, 5.41) is 0.622. The molecule has 4 rings (SSSR count). The molecule has 1 saturated heterocycles. The Kier molecular flexibility index (Phi) is 7.77. The Labute approximate surface area is 199 Å². The molecule has 1 aromatic carbocycles. The molecule has 1 amide bonds. The van der Waals surface area contributed by atoms with Crippen molar-refractivity contribution >= 4 is 27.7 Å². The Balaban J connectivity index is 1.33. The molecule has 33 heavy (non-hydrogen) atoms. The van der Waals surface area contributed by atoms with Gasteiger partial charge in [0.2, 0.25) is 22.7 Å². The number of aromatic nitrogens is 1. The fraction of sp³-hybridized carbons (Fsp3) is 0.478. The number of hydrogen-bond acceptors (Lipinski definition) is 7. The minimum atomic E-state index is -3.52. The van der Waals surface area contributed by atoms with Gasteiger partial charge in [-0.25, -0.2) is 13.4 Å². The molecule has 0 saturated carbocycles. The number of amides is 1. The van der Waals surface area contributed by atoms with Crippen molar-refractivity contribution in [3.63, 3.8) is 0 Å². The SMILES string of the molecule is CCN(Cc1ccc2c(c1)OCO2)C(=O)CSc1ccc(S(=O)(=O)N2CCCCCC2)cn1. The fourth-order valence-corrected chi connectivity index (χ4v) is 6.11. The molecule has 178 valence electrons. The van der Waals surface area contributed by atoms with Gasteiger partial charge in [0.25, 0.3) is 0 Å². The van der Waals surface area contributed by atoms with E-state index in [4.69, 9.17) is 9.47 Å². The molecule has 1 fully saturated rings. The Bertz CT molecular complexity index is 1070. The summed E-state index contributed by atoms with van der Waals surface area (Å²) in [5.41, 5.74) is 0.973. The van der Waals surface area contributed by atoms with Crippen molar-refractivity contribution in [1.29, 1.82) is 0 Å². The molecule has 0 aliphatic carbocycles. The van der Waals surface area contributed by atoms with E-state index in [0.717, 1.165) is 37.0 Å². The topological polar surface area (TPSA) is 89.0 Å². The van der Waals surface area contributed by atoms with Gasteiger partial charge in [0, 0.05) is 32.4 Å². The summed E-state index contributed by atoms with van der Waals surface area (Å²) in [4.78, 5) is 19.0. The van der Waals surface area contributed by atoms with E-state index in [1.165, 1.54) is 18.0 Å². The number of carbonyl (C=O) groups excluding carboxylic acids is 1. The lowest BCUT2D eigenvalue weighted by Gasteiger charge is -2.21. The van der Waals surface area contributed by atoms with Crippen LogP contribution < -0.4 is 9.47 Å². The summed E-state index contributed by atoms with van der Waals surface area (Å²) in [6.07, 6.45) is 5.32. The zero-order chi connectivity index (χ0) is 23.3. The largest absolute Gasteiger partial charge is 0.454 e. The molecule has 10 heteroatoms. The van der Waals surface area contributed by atoms with Crippen LogP contribution in [0.1, 0.15) is 38.2 Å². The van der Waals surface area contributed by atoms with Gasteiger partial charge in [-0.1, -0.05) is 30.7 Å². The summed E-state index contributed by atoms with van der Waals surface area (Å²) in [6, 6.07) is 8.95. The number of sulfonamides is 1. The Morgan fingerprint density at radius 3 is 2.55 bits per heavy atom. The number of fused-ring (bicyclic) bond motifs is 1. The van der Waals surface area contributed by atoms with E-state index >= 15 is 0 Å². The number of benzene rings is 1. The average molecular weight is 492 g/mol. The molecule has 2 aliphatic rings. The van der Waals surface area contributed by atoms with Crippen LogP contribution in [-0.4, -0.2) is 60.7 Å². The van der Waals surface area contributed by atoms with Gasteiger partial charge in [0.05, 0.1) is 10.8 Å². The number of nitrogens with zero attached hydrogens (tertiary/aromatic N) is 3. The van der Waals surface area contributed by atoms with Crippen LogP contribution in [0.15, 0.2) is 46.5 Å². The van der Waals surface area contributed by atoms with Crippen LogP contribution in [0.25, 0.3) is 0 Å². The summed E-state index contributed by atoms with van der Waals surface area (Å²) in [7, 11) is -3.52. The van der Waals surface area contributed by atoms with Crippen molar-refractivity contribution in [2.75, 3.05) is 32.2 Å². The predicted octanol–water partition coefficient (Wildman–Crippen LogP) is 3.52. The maximum Gasteiger partial charge on any atom is 0.244 e. The lowest BCUT2D eigenvalue weighted by atomic mass is 10.2. The molecular formula is C23H29N3O5S2. The smallest absolute Gasteiger partial charge is 0.244 e. The Hall–Kier alpha value is -2.30. The molecule has 0 unspecified atom stereocenters. The molecule has 3 heterocycles. The van der Waals surface area contributed by atoms with Gasteiger partial charge in [-0.3, -0.25) is 4.79 Å². The monoisotopic (exact) mass is 491 g/mol. The van der Waals surface area contributed by atoms with E-state index < -0.39 is 10.0 Å². The summed E-state index contributed by atoms with van der Waals surface area (Å²) in [6.45, 7) is 4.33. The van der Waals surface area contributed by atoms with E-state index in [1.807, 2.05) is 25.1 Å². The molecule has 0 spiro atoms. The second kappa shape index (κ2) is 10.8. The van der Waals surface area contributed by atoms with E-state index in [1.54, 1.807) is 21.3 Å². The summed E-state index contributed by atoms with van der Waals surface area (Å²) < 4.78 is 38.1. The average Bonchev–Trinajstić information content (AvgIpc) is 3.11. The molecule has 2 aliphatic heterocycles. The van der Waals surface area contributed by atoms with Gasteiger partial charge < -0.3 is 14.4 Å². The summed E-state index contributed by atoms with van der Waals surface area (Å²) >= 11 is 1.31. The van der Waals surface area contributed by atoms with Gasteiger partial charge in [-0.15, -0.1) is 0 Å². The highest BCUT2D eigenvalue weighted by Crippen LogP contribution is 2.33. The molecule has 0 atom stereocenters. The zero-order valence-electron chi connectivity index (χ0n) is 18.7. The lowest BCUT2D eigenvalue weighted by Crippen LogP contribution is -2.32. The number of ether oxygens (including phenoxy) is 2. The van der Waals surface area contributed by atoms with Gasteiger partial charge in [-0.2, -0.15) is 4.31 Å². The van der Waals surface area contributed by atoms with Crippen molar-refractivity contribution in [3.05, 3.63) is 42.1 Å². The predicted molar refractivity (Wildman–Crippen MR) is 126 cm³/mol. The van der Waals surface area contributed by atoms with Gasteiger partial charge >= 0.3 is 0 Å². The first-order valence-corrected chi connectivity index (χ1v) is 13.7. The third-order valence-corrected chi connectivity index (χ3v) is 8.61. The molecule has 0 bridgehead atoms. The molecule has 2 aromatic rings. The zero-order valence-corrected chi connectivity index (χ0v) is 20.4. The van der Waals surface area contributed by atoms with Gasteiger partial charge in [0.15, 0.2) is 11.5 Å². The maximum atomic E-state index is 12.9. The minimum Gasteiger partial charge on any atom is -0.454 e. The Morgan fingerprint density at radius 1 is 1.09 bits per heavy atom. The minimum absolute atomic E-state index is 0.0109. The summed E-state index contributed by atoms with van der Waals surface area (Å²) in [5.74, 6) is 1.63. The third kappa shape index (κ3) is 5.80. The van der Waals surface area contributed by atoms with E-state index in [-0.39, 0.29) is 23.3 Å². The molecule has 8 nitrogen and oxygen atoms in total. The highest BCUT2D eigenvalue weighted by Gasteiger charge is 2.25. The van der Waals surface area contributed by atoms with Crippen LogP contribution in [0.3, 0.4) is 0 Å². The fourth-order valence-electron chi connectivity index (χ4n) is 3.90. The van der Waals surface area contributed by atoms with Crippen molar-refractivity contribution in [2.24, 2.45) is 0 Å². The van der Waals surface area contributed by atoms with Gasteiger partial charge in [-0.05, 0) is 49.6 Å². The molecule has 0 radical (unpaired) electrons. The number of hydrogen-bond donors (Lipinski definition) is 0. The number of rotatable bonds is 8. The number of pyridine rings is 1. The molecule has 0 N–H and O–H groups in total. The van der Waals surface area contributed by atoms with Crippen molar-refractivity contribution in [2.45, 2.75) is 49.1 Å². The highest BCUT2D eigenvalue weighted by molar-refractivity contribution is 7.99. The normalized spacial score (nSPS) is 16.4. The third-order valence-electron chi connectivity index (χ3n) is 5.80. The van der Waals surface area contributed by atoms with E-state index in [2.05, 4.69) is 4.98 Å².